The highest BCUT2D eigenvalue weighted by atomic mass is 35.5. The second-order valence-corrected chi connectivity index (χ2v) is 3.95. The van der Waals surface area contributed by atoms with Gasteiger partial charge in [-0.05, 0) is 18.2 Å². The van der Waals surface area contributed by atoms with Gasteiger partial charge in [0.2, 0.25) is 0 Å². The van der Waals surface area contributed by atoms with Crippen LogP contribution in [0.5, 0.6) is 5.75 Å². The average Bonchev–Trinajstić information content (AvgIpc) is 2.60. The van der Waals surface area contributed by atoms with Gasteiger partial charge in [-0.3, -0.25) is 4.79 Å². The molecule has 2 rings (SSSR count). The highest BCUT2D eigenvalue weighted by Gasteiger charge is 2.03. The van der Waals surface area contributed by atoms with Crippen LogP contribution in [0.1, 0.15) is 5.76 Å². The highest BCUT2D eigenvalue weighted by molar-refractivity contribution is 6.34. The van der Waals surface area contributed by atoms with Gasteiger partial charge >= 0.3 is 0 Å². The van der Waals surface area contributed by atoms with Crippen LogP contribution in [0.2, 0.25) is 10.0 Å². The molecule has 0 saturated carbocycles. The molecular formula is C10H7Cl2NO3. The van der Waals surface area contributed by atoms with E-state index in [-0.39, 0.29) is 12.2 Å². The van der Waals surface area contributed by atoms with Crippen molar-refractivity contribution in [1.29, 1.82) is 0 Å². The zero-order chi connectivity index (χ0) is 11.5. The summed E-state index contributed by atoms with van der Waals surface area (Å²) in [5, 5.41) is 3.13. The summed E-state index contributed by atoms with van der Waals surface area (Å²) in [7, 11) is 0. The van der Waals surface area contributed by atoms with E-state index in [2.05, 4.69) is 5.16 Å². The van der Waals surface area contributed by atoms with Crippen LogP contribution in [0, 0.1) is 0 Å². The third kappa shape index (κ3) is 2.81. The van der Waals surface area contributed by atoms with Crippen LogP contribution in [0.15, 0.2) is 33.6 Å². The fourth-order valence-electron chi connectivity index (χ4n) is 1.16. The summed E-state index contributed by atoms with van der Waals surface area (Å²) in [6.07, 6.45) is 0. The Balaban J connectivity index is 2.07. The lowest BCUT2D eigenvalue weighted by Gasteiger charge is -2.04. The molecule has 84 valence electrons. The van der Waals surface area contributed by atoms with Gasteiger partial charge in [-0.2, -0.15) is 5.16 Å². The molecule has 1 N–H and O–H groups in total. The van der Waals surface area contributed by atoms with Crippen molar-refractivity contribution in [1.82, 2.24) is 5.16 Å². The lowest BCUT2D eigenvalue weighted by Crippen LogP contribution is -1.96. The van der Waals surface area contributed by atoms with Crippen molar-refractivity contribution in [3.63, 3.8) is 0 Å². The zero-order valence-corrected chi connectivity index (χ0v) is 9.51. The predicted molar refractivity (Wildman–Crippen MR) is 60.1 cm³/mol. The van der Waals surface area contributed by atoms with E-state index in [1.54, 1.807) is 18.2 Å². The molecule has 2 aromatic rings. The molecule has 0 saturated heterocycles. The Labute approximate surface area is 101 Å². The van der Waals surface area contributed by atoms with Crippen LogP contribution in [0.3, 0.4) is 0 Å². The average molecular weight is 260 g/mol. The van der Waals surface area contributed by atoms with Gasteiger partial charge in [-0.25, -0.2) is 0 Å². The summed E-state index contributed by atoms with van der Waals surface area (Å²) < 4.78 is 10.2. The van der Waals surface area contributed by atoms with E-state index in [9.17, 15) is 4.79 Å². The SMILES string of the molecule is O=c1cc(COc2cc(Cl)cc(Cl)c2)o[nH]1. The molecule has 0 aliphatic rings. The summed E-state index contributed by atoms with van der Waals surface area (Å²) in [5.41, 5.74) is -0.303. The van der Waals surface area contributed by atoms with E-state index < -0.39 is 0 Å². The molecular weight excluding hydrogens is 253 g/mol. The summed E-state index contributed by atoms with van der Waals surface area (Å²) >= 11 is 11.6. The van der Waals surface area contributed by atoms with Crippen LogP contribution >= 0.6 is 23.2 Å². The van der Waals surface area contributed by atoms with Gasteiger partial charge in [-0.1, -0.05) is 23.2 Å². The molecule has 0 aliphatic carbocycles. The third-order valence-corrected chi connectivity index (χ3v) is 2.23. The van der Waals surface area contributed by atoms with E-state index >= 15 is 0 Å². The normalized spacial score (nSPS) is 10.4. The Morgan fingerprint density at radius 1 is 1.19 bits per heavy atom. The Bertz CT molecular complexity index is 527. The summed E-state index contributed by atoms with van der Waals surface area (Å²) in [6.45, 7) is 0.134. The van der Waals surface area contributed by atoms with Crippen LogP contribution in [-0.4, -0.2) is 5.16 Å². The topological polar surface area (TPSA) is 55.2 Å². The van der Waals surface area contributed by atoms with Gasteiger partial charge in [0.05, 0.1) is 6.07 Å². The Morgan fingerprint density at radius 3 is 2.44 bits per heavy atom. The molecule has 6 heteroatoms. The minimum atomic E-state index is -0.303. The van der Waals surface area contributed by atoms with E-state index in [4.69, 9.17) is 32.5 Å². The number of aromatic nitrogens is 1. The molecule has 1 aromatic heterocycles. The molecule has 4 nitrogen and oxygen atoms in total. The summed E-state index contributed by atoms with van der Waals surface area (Å²) in [5.74, 6) is 0.919. The maximum Gasteiger partial charge on any atom is 0.280 e. The molecule has 1 aromatic carbocycles. The molecule has 0 atom stereocenters. The first-order valence-electron chi connectivity index (χ1n) is 4.40. The predicted octanol–water partition coefficient (Wildman–Crippen LogP) is 2.85. The second kappa shape index (κ2) is 4.63. The standard InChI is InChI=1S/C10H7Cl2NO3/c11-6-1-7(12)3-8(2-6)15-5-9-4-10(14)13-16-9/h1-4H,5H2,(H,13,14). The van der Waals surface area contributed by atoms with E-state index in [0.717, 1.165) is 0 Å². The van der Waals surface area contributed by atoms with Crippen molar-refractivity contribution in [2.75, 3.05) is 0 Å². The highest BCUT2D eigenvalue weighted by Crippen LogP contribution is 2.24. The maximum absolute atomic E-state index is 10.8. The first-order chi connectivity index (χ1) is 7.63. The maximum atomic E-state index is 10.8. The van der Waals surface area contributed by atoms with Gasteiger partial charge in [0.15, 0.2) is 5.76 Å². The van der Waals surface area contributed by atoms with Crippen molar-refractivity contribution >= 4 is 23.2 Å². The fourth-order valence-corrected chi connectivity index (χ4v) is 1.66. The number of nitrogens with one attached hydrogen (secondary N) is 1. The molecule has 0 amide bonds. The molecule has 0 fully saturated rings. The van der Waals surface area contributed by atoms with Crippen LogP contribution < -0.4 is 10.3 Å². The number of H-pyrrole nitrogens is 1. The lowest BCUT2D eigenvalue weighted by atomic mass is 10.3. The zero-order valence-electron chi connectivity index (χ0n) is 8.00. The van der Waals surface area contributed by atoms with Crippen molar-refractivity contribution < 1.29 is 9.26 Å². The van der Waals surface area contributed by atoms with E-state index in [0.29, 0.717) is 21.6 Å². The number of aromatic amines is 1. The van der Waals surface area contributed by atoms with Crippen LogP contribution in [0.4, 0.5) is 0 Å². The largest absolute Gasteiger partial charge is 0.485 e. The molecule has 0 aliphatic heterocycles. The third-order valence-electron chi connectivity index (χ3n) is 1.79. The van der Waals surface area contributed by atoms with Gasteiger partial charge < -0.3 is 9.26 Å². The van der Waals surface area contributed by atoms with Gasteiger partial charge in [0.1, 0.15) is 12.4 Å². The molecule has 0 radical (unpaired) electrons. The number of ether oxygens (including phenoxy) is 1. The Morgan fingerprint density at radius 2 is 1.88 bits per heavy atom. The number of halogens is 2. The van der Waals surface area contributed by atoms with Gasteiger partial charge in [0.25, 0.3) is 5.56 Å². The van der Waals surface area contributed by atoms with E-state index in [1.807, 2.05) is 0 Å². The summed E-state index contributed by atoms with van der Waals surface area (Å²) in [6, 6.07) is 6.16. The van der Waals surface area contributed by atoms with Crippen molar-refractivity contribution in [2.45, 2.75) is 6.61 Å². The van der Waals surface area contributed by atoms with Crippen LogP contribution in [-0.2, 0) is 6.61 Å². The van der Waals surface area contributed by atoms with Gasteiger partial charge in [0, 0.05) is 10.0 Å². The molecule has 0 spiro atoms. The first-order valence-corrected chi connectivity index (χ1v) is 5.15. The second-order valence-electron chi connectivity index (χ2n) is 3.07. The number of benzene rings is 1. The molecule has 0 unspecified atom stereocenters. The van der Waals surface area contributed by atoms with Gasteiger partial charge in [-0.15, -0.1) is 0 Å². The quantitative estimate of drug-likeness (QED) is 0.923. The monoisotopic (exact) mass is 259 g/mol. The van der Waals surface area contributed by atoms with Crippen molar-refractivity contribution in [2.24, 2.45) is 0 Å². The Hall–Kier alpha value is -1.39. The van der Waals surface area contributed by atoms with E-state index in [1.165, 1.54) is 6.07 Å². The smallest absolute Gasteiger partial charge is 0.280 e. The lowest BCUT2D eigenvalue weighted by molar-refractivity contribution is 0.248. The summed E-state index contributed by atoms with van der Waals surface area (Å²) in [4.78, 5) is 10.8. The molecule has 0 bridgehead atoms. The van der Waals surface area contributed by atoms with Crippen molar-refractivity contribution in [3.8, 4) is 5.75 Å². The number of hydrogen-bond donors (Lipinski definition) is 1. The van der Waals surface area contributed by atoms with Crippen molar-refractivity contribution in [3.05, 3.63) is 50.4 Å². The minimum absolute atomic E-state index is 0.134. The fraction of sp³-hybridized carbons (Fsp3) is 0.100. The van der Waals surface area contributed by atoms with Crippen LogP contribution in [0.25, 0.3) is 0 Å². The first kappa shape index (κ1) is 11.1. The minimum Gasteiger partial charge on any atom is -0.485 e. The Kier molecular flexibility index (Phi) is 3.22. The molecule has 16 heavy (non-hydrogen) atoms. The number of hydrogen-bond acceptors (Lipinski definition) is 3. The number of rotatable bonds is 3. The molecule has 1 heterocycles.